The van der Waals surface area contributed by atoms with Crippen LogP contribution in [0.2, 0.25) is 0 Å². The fourth-order valence-corrected chi connectivity index (χ4v) is 5.21. The minimum absolute atomic E-state index is 0.0352. The number of carbonyl (C=O) groups is 2. The highest BCUT2D eigenvalue weighted by Gasteiger charge is 2.47. The predicted molar refractivity (Wildman–Crippen MR) is 159 cm³/mol. The third-order valence-electron chi connectivity index (χ3n) is 7.41. The number of aliphatic hydroxyl groups is 1. The van der Waals surface area contributed by atoms with Gasteiger partial charge in [0.2, 0.25) is 0 Å². The molecule has 7 nitrogen and oxygen atoms in total. The Balaban J connectivity index is 1.90. The lowest BCUT2D eigenvalue weighted by atomic mass is 9.84. The van der Waals surface area contributed by atoms with Crippen LogP contribution in [0.3, 0.4) is 0 Å². The molecule has 7 heteroatoms. The zero-order valence-corrected chi connectivity index (χ0v) is 24.3. The minimum Gasteiger partial charge on any atom is -0.507 e. The number of amides is 1. The molecule has 0 saturated carbocycles. The zero-order valence-electron chi connectivity index (χ0n) is 24.3. The summed E-state index contributed by atoms with van der Waals surface area (Å²) in [5, 5.41) is 11.6. The van der Waals surface area contributed by atoms with E-state index in [-0.39, 0.29) is 16.7 Å². The van der Waals surface area contributed by atoms with E-state index in [0.717, 1.165) is 24.3 Å². The van der Waals surface area contributed by atoms with E-state index in [4.69, 9.17) is 9.47 Å². The van der Waals surface area contributed by atoms with Gasteiger partial charge in [-0.2, -0.15) is 0 Å². The van der Waals surface area contributed by atoms with Gasteiger partial charge < -0.3 is 19.5 Å². The Hall–Kier alpha value is -4.26. The summed E-state index contributed by atoms with van der Waals surface area (Å²) in [4.78, 5) is 30.9. The monoisotopic (exact) mass is 542 g/mol. The number of hydrogen-bond donors (Lipinski definition) is 1. The second kappa shape index (κ2) is 11.5. The van der Waals surface area contributed by atoms with E-state index in [2.05, 4.69) is 18.7 Å². The summed E-state index contributed by atoms with van der Waals surface area (Å²) in [7, 11) is 3.18. The molecular formula is C33H38N2O5. The normalized spacial score (nSPS) is 16.8. The van der Waals surface area contributed by atoms with Gasteiger partial charge in [-0.1, -0.05) is 32.9 Å². The van der Waals surface area contributed by atoms with Gasteiger partial charge in [0.1, 0.15) is 17.3 Å². The van der Waals surface area contributed by atoms with Crippen LogP contribution in [-0.4, -0.2) is 44.1 Å². The average Bonchev–Trinajstić information content (AvgIpc) is 3.22. The summed E-state index contributed by atoms with van der Waals surface area (Å²) >= 11 is 0. The highest BCUT2D eigenvalue weighted by atomic mass is 16.5. The summed E-state index contributed by atoms with van der Waals surface area (Å²) in [6, 6.07) is 19.3. The molecule has 3 aromatic carbocycles. The van der Waals surface area contributed by atoms with Gasteiger partial charge in [-0.3, -0.25) is 14.5 Å². The lowest BCUT2D eigenvalue weighted by molar-refractivity contribution is -0.132. The third-order valence-corrected chi connectivity index (χ3v) is 7.41. The molecule has 3 aromatic rings. The van der Waals surface area contributed by atoms with Gasteiger partial charge in [-0.05, 0) is 79.4 Å². The van der Waals surface area contributed by atoms with Crippen molar-refractivity contribution in [2.75, 3.05) is 37.1 Å². The molecule has 1 unspecified atom stereocenters. The highest BCUT2D eigenvalue weighted by Crippen LogP contribution is 2.43. The van der Waals surface area contributed by atoms with Crippen LogP contribution in [0.1, 0.15) is 57.4 Å². The molecule has 1 fully saturated rings. The maximum atomic E-state index is 13.6. The molecule has 0 aliphatic carbocycles. The molecule has 0 aromatic heterocycles. The second-order valence-electron chi connectivity index (χ2n) is 10.8. The summed E-state index contributed by atoms with van der Waals surface area (Å²) in [5.41, 5.74) is 3.35. The Morgan fingerprint density at radius 1 is 0.900 bits per heavy atom. The number of ether oxygens (including phenoxy) is 2. The summed E-state index contributed by atoms with van der Waals surface area (Å²) in [5.74, 6) is -0.324. The summed E-state index contributed by atoms with van der Waals surface area (Å²) in [6.45, 7) is 12.0. The van der Waals surface area contributed by atoms with Gasteiger partial charge in [0, 0.05) is 35.6 Å². The number of methoxy groups -OCH3 is 2. The van der Waals surface area contributed by atoms with Gasteiger partial charge in [0.25, 0.3) is 11.7 Å². The van der Waals surface area contributed by atoms with Gasteiger partial charge in [0.15, 0.2) is 0 Å². The number of hydrogen-bond acceptors (Lipinski definition) is 6. The van der Waals surface area contributed by atoms with Crippen molar-refractivity contribution in [1.82, 2.24) is 0 Å². The Bertz CT molecular complexity index is 1410. The van der Waals surface area contributed by atoms with Crippen LogP contribution in [-0.2, 0) is 15.0 Å². The van der Waals surface area contributed by atoms with Crippen molar-refractivity contribution in [3.8, 4) is 11.5 Å². The van der Waals surface area contributed by atoms with E-state index in [1.807, 2.05) is 63.2 Å². The number of nitrogens with zero attached hydrogens (tertiary/aromatic N) is 2. The fraction of sp³-hybridized carbons (Fsp3) is 0.333. The second-order valence-corrected chi connectivity index (χ2v) is 10.8. The smallest absolute Gasteiger partial charge is 0.300 e. The molecule has 4 rings (SSSR count). The van der Waals surface area contributed by atoms with Crippen LogP contribution >= 0.6 is 0 Å². The molecule has 1 heterocycles. The zero-order chi connectivity index (χ0) is 29.2. The first kappa shape index (κ1) is 28.7. The van der Waals surface area contributed by atoms with Crippen molar-refractivity contribution in [2.24, 2.45) is 0 Å². The number of benzene rings is 3. The SMILES string of the molecule is CCN(CC)c1ccc(N2C(=O)C(=O)/C(=C(\O)c3ccc(OC)c(C(C)(C)C)c3)C2c2ccc(OC)cc2)cc1. The van der Waals surface area contributed by atoms with Crippen molar-refractivity contribution < 1.29 is 24.2 Å². The topological polar surface area (TPSA) is 79.3 Å². The number of ketones is 1. The average molecular weight is 543 g/mol. The molecule has 1 saturated heterocycles. The van der Waals surface area contributed by atoms with Crippen LogP contribution in [0.25, 0.3) is 5.76 Å². The molecule has 0 spiro atoms. The fourth-order valence-electron chi connectivity index (χ4n) is 5.21. The molecule has 1 aliphatic rings. The van der Waals surface area contributed by atoms with E-state index in [0.29, 0.717) is 28.3 Å². The standard InChI is InChI=1S/C33H38N2O5/c1-8-34(9-2)23-13-15-24(16-14-23)35-29(21-10-17-25(39-6)18-11-21)28(31(37)32(35)38)30(36)22-12-19-27(40-7)26(20-22)33(3,4)5/h10-20,29,36H,8-9H2,1-7H3/b30-28-. The number of anilines is 2. The first-order valence-electron chi connectivity index (χ1n) is 13.5. The largest absolute Gasteiger partial charge is 0.507 e. The third kappa shape index (κ3) is 5.28. The molecule has 1 amide bonds. The molecule has 0 bridgehead atoms. The minimum atomic E-state index is -0.828. The lowest BCUT2D eigenvalue weighted by Crippen LogP contribution is -2.29. The van der Waals surface area contributed by atoms with E-state index in [9.17, 15) is 14.7 Å². The number of Topliss-reactive ketones (excluding diaryl/α,β-unsaturated/α-hetero) is 1. The van der Waals surface area contributed by atoms with Crippen molar-refractivity contribution in [3.63, 3.8) is 0 Å². The van der Waals surface area contributed by atoms with Gasteiger partial charge >= 0.3 is 0 Å². The van der Waals surface area contributed by atoms with E-state index in [1.165, 1.54) is 4.90 Å². The summed E-state index contributed by atoms with van der Waals surface area (Å²) < 4.78 is 10.9. The predicted octanol–water partition coefficient (Wildman–Crippen LogP) is 6.47. The molecule has 1 aliphatic heterocycles. The molecule has 1 atom stereocenters. The Kier molecular flexibility index (Phi) is 8.24. The van der Waals surface area contributed by atoms with E-state index >= 15 is 0 Å². The van der Waals surface area contributed by atoms with E-state index in [1.54, 1.807) is 38.5 Å². The van der Waals surface area contributed by atoms with Gasteiger partial charge in [-0.25, -0.2) is 0 Å². The first-order chi connectivity index (χ1) is 19.0. The number of carbonyl (C=O) groups excluding carboxylic acids is 2. The van der Waals surface area contributed by atoms with Crippen molar-refractivity contribution in [2.45, 2.75) is 46.1 Å². The Labute approximate surface area is 236 Å². The van der Waals surface area contributed by atoms with Gasteiger partial charge in [-0.15, -0.1) is 0 Å². The van der Waals surface area contributed by atoms with E-state index < -0.39 is 17.7 Å². The van der Waals surface area contributed by atoms with Crippen molar-refractivity contribution in [3.05, 3.63) is 89.0 Å². The van der Waals surface area contributed by atoms with Crippen molar-refractivity contribution >= 4 is 28.8 Å². The summed E-state index contributed by atoms with van der Waals surface area (Å²) in [6.07, 6.45) is 0. The lowest BCUT2D eigenvalue weighted by Gasteiger charge is -2.27. The van der Waals surface area contributed by atoms with Gasteiger partial charge in [0.05, 0.1) is 25.8 Å². The quantitative estimate of drug-likeness (QED) is 0.200. The number of rotatable bonds is 8. The maximum Gasteiger partial charge on any atom is 0.300 e. The van der Waals surface area contributed by atoms with Crippen LogP contribution in [0.5, 0.6) is 11.5 Å². The highest BCUT2D eigenvalue weighted by molar-refractivity contribution is 6.51. The molecule has 210 valence electrons. The Morgan fingerprint density at radius 2 is 1.52 bits per heavy atom. The first-order valence-corrected chi connectivity index (χ1v) is 13.5. The molecular weight excluding hydrogens is 504 g/mol. The molecule has 1 N–H and O–H groups in total. The Morgan fingerprint density at radius 3 is 2.05 bits per heavy atom. The van der Waals surface area contributed by atoms with Crippen LogP contribution in [0, 0.1) is 0 Å². The maximum absolute atomic E-state index is 13.6. The van der Waals surface area contributed by atoms with Crippen LogP contribution < -0.4 is 19.3 Å². The molecule has 40 heavy (non-hydrogen) atoms. The van der Waals surface area contributed by atoms with Crippen molar-refractivity contribution in [1.29, 1.82) is 0 Å². The van der Waals surface area contributed by atoms with Crippen LogP contribution in [0.4, 0.5) is 11.4 Å². The number of aliphatic hydroxyl groups excluding tert-OH is 1. The van der Waals surface area contributed by atoms with Crippen LogP contribution in [0.15, 0.2) is 72.3 Å². The molecule has 0 radical (unpaired) electrons.